The first-order valence-electron chi connectivity index (χ1n) is 6.92. The lowest BCUT2D eigenvalue weighted by Crippen LogP contribution is -2.10. The summed E-state index contributed by atoms with van der Waals surface area (Å²) >= 11 is 0. The first-order valence-corrected chi connectivity index (χ1v) is 6.92. The number of aromatic amines is 2. The number of nitrogens with two attached hydrogens (primary N) is 2. The Morgan fingerprint density at radius 1 is 0.958 bits per heavy atom. The van der Waals surface area contributed by atoms with Gasteiger partial charge in [-0.3, -0.25) is 9.78 Å². The van der Waals surface area contributed by atoms with Gasteiger partial charge < -0.3 is 16.5 Å². The zero-order chi connectivity index (χ0) is 16.7. The fraction of sp³-hybridized carbons (Fsp3) is 0. The number of pyridine rings is 1. The lowest BCUT2D eigenvalue weighted by atomic mass is 10.2. The fourth-order valence-electron chi connectivity index (χ4n) is 2.25. The van der Waals surface area contributed by atoms with Crippen LogP contribution in [0.2, 0.25) is 0 Å². The van der Waals surface area contributed by atoms with Crippen molar-refractivity contribution < 1.29 is 0 Å². The Labute approximate surface area is 133 Å². The third-order valence-electron chi connectivity index (χ3n) is 3.31. The summed E-state index contributed by atoms with van der Waals surface area (Å²) in [5.74, 6) is 0.514. The van der Waals surface area contributed by atoms with E-state index in [4.69, 9.17) is 11.5 Å². The number of aromatic nitrogens is 5. The minimum absolute atomic E-state index is 0.0158. The number of fused-ring (bicyclic) bond motifs is 2. The van der Waals surface area contributed by atoms with Crippen LogP contribution < -0.4 is 17.0 Å². The minimum atomic E-state index is -0.423. The number of azo groups is 1. The summed E-state index contributed by atoms with van der Waals surface area (Å²) in [6, 6.07) is 8.94. The fourth-order valence-corrected chi connectivity index (χ4v) is 2.25. The molecule has 118 valence electrons. The van der Waals surface area contributed by atoms with Crippen molar-refractivity contribution in [3.8, 4) is 0 Å². The summed E-state index contributed by atoms with van der Waals surface area (Å²) in [7, 11) is 0. The summed E-state index contributed by atoms with van der Waals surface area (Å²) in [6.07, 6.45) is 0. The maximum Gasteiger partial charge on any atom is 0.278 e. The van der Waals surface area contributed by atoms with E-state index in [0.717, 1.165) is 10.9 Å². The molecule has 0 atom stereocenters. The van der Waals surface area contributed by atoms with Crippen LogP contribution in [-0.2, 0) is 0 Å². The van der Waals surface area contributed by atoms with Gasteiger partial charge in [0.1, 0.15) is 0 Å². The number of anilines is 2. The number of rotatable bonds is 2. The highest BCUT2D eigenvalue weighted by Gasteiger charge is 2.08. The molecule has 0 saturated heterocycles. The molecule has 0 aliphatic carbocycles. The predicted octanol–water partition coefficient (Wildman–Crippen LogP) is 1.77. The van der Waals surface area contributed by atoms with Crippen LogP contribution in [0.15, 0.2) is 45.4 Å². The molecule has 6 N–H and O–H groups in total. The normalized spacial score (nSPS) is 11.7. The molecule has 4 aromatic rings. The van der Waals surface area contributed by atoms with Gasteiger partial charge in [-0.1, -0.05) is 0 Å². The van der Waals surface area contributed by atoms with Crippen molar-refractivity contribution in [1.29, 1.82) is 0 Å². The third kappa shape index (κ3) is 2.41. The minimum Gasteiger partial charge on any atom is -0.399 e. The number of nitrogen functional groups attached to an aromatic ring is 2. The van der Waals surface area contributed by atoms with Gasteiger partial charge in [-0.05, 0) is 30.3 Å². The highest BCUT2D eigenvalue weighted by Crippen LogP contribution is 2.21. The first kappa shape index (κ1) is 13.8. The van der Waals surface area contributed by atoms with Gasteiger partial charge in [0.05, 0.1) is 5.52 Å². The van der Waals surface area contributed by atoms with E-state index in [1.165, 1.54) is 0 Å². The van der Waals surface area contributed by atoms with Crippen molar-refractivity contribution in [3.63, 3.8) is 0 Å². The lowest BCUT2D eigenvalue weighted by molar-refractivity contribution is 1.11. The van der Waals surface area contributed by atoms with Crippen molar-refractivity contribution >= 4 is 45.5 Å². The molecule has 10 nitrogen and oxygen atoms in total. The molecule has 1 aromatic carbocycles. The van der Waals surface area contributed by atoms with E-state index in [0.29, 0.717) is 11.5 Å². The molecule has 0 unspecified atom stereocenters. The number of imidazole rings is 1. The number of nitrogens with zero attached hydrogens (tertiary/aromatic N) is 5. The van der Waals surface area contributed by atoms with E-state index in [1.54, 1.807) is 18.2 Å². The first-order chi connectivity index (χ1) is 11.6. The van der Waals surface area contributed by atoms with Gasteiger partial charge in [-0.2, -0.15) is 9.97 Å². The maximum atomic E-state index is 11.7. The van der Waals surface area contributed by atoms with Crippen LogP contribution in [0.25, 0.3) is 22.1 Å². The van der Waals surface area contributed by atoms with E-state index in [1.807, 2.05) is 12.1 Å². The highest BCUT2D eigenvalue weighted by molar-refractivity contribution is 5.83. The third-order valence-corrected chi connectivity index (χ3v) is 3.31. The molecule has 0 radical (unpaired) electrons. The largest absolute Gasteiger partial charge is 0.399 e. The molecule has 0 saturated carbocycles. The number of hydrogen-bond acceptors (Lipinski definition) is 8. The molecule has 0 bridgehead atoms. The molecule has 4 rings (SSSR count). The number of H-pyrrole nitrogens is 2. The van der Waals surface area contributed by atoms with Crippen molar-refractivity contribution in [2.45, 2.75) is 0 Å². The van der Waals surface area contributed by atoms with Crippen LogP contribution in [0.4, 0.5) is 23.4 Å². The van der Waals surface area contributed by atoms with Crippen molar-refractivity contribution in [1.82, 2.24) is 24.9 Å². The Bertz CT molecular complexity index is 1160. The quantitative estimate of drug-likeness (QED) is 0.324. The van der Waals surface area contributed by atoms with Crippen molar-refractivity contribution in [2.75, 3.05) is 11.5 Å². The zero-order valence-electron chi connectivity index (χ0n) is 12.2. The van der Waals surface area contributed by atoms with Crippen molar-refractivity contribution in [2.24, 2.45) is 10.2 Å². The second-order valence-electron chi connectivity index (χ2n) is 5.03. The predicted molar refractivity (Wildman–Crippen MR) is 89.3 cm³/mol. The van der Waals surface area contributed by atoms with E-state index in [2.05, 4.69) is 35.1 Å². The van der Waals surface area contributed by atoms with Crippen LogP contribution in [0.1, 0.15) is 0 Å². The second kappa shape index (κ2) is 5.12. The Morgan fingerprint density at radius 3 is 2.71 bits per heavy atom. The van der Waals surface area contributed by atoms with Gasteiger partial charge in [0.25, 0.3) is 5.56 Å². The lowest BCUT2D eigenvalue weighted by Gasteiger charge is -1.99. The van der Waals surface area contributed by atoms with E-state index in [-0.39, 0.29) is 23.1 Å². The SMILES string of the molecule is Nc1ccc2nc(N=Nc3nc4nc(N)[nH]c(=O)c4[nH]3)ccc2c1. The van der Waals surface area contributed by atoms with Crippen LogP contribution >= 0.6 is 0 Å². The Balaban J connectivity index is 1.71. The molecule has 24 heavy (non-hydrogen) atoms. The summed E-state index contributed by atoms with van der Waals surface area (Å²) in [6.45, 7) is 0. The number of hydrogen-bond donors (Lipinski definition) is 4. The number of nitrogens with one attached hydrogen (secondary N) is 2. The molecule has 0 aliphatic rings. The molecule has 10 heteroatoms. The topological polar surface area (TPSA) is 164 Å². The van der Waals surface area contributed by atoms with Crippen LogP contribution in [-0.4, -0.2) is 24.9 Å². The summed E-state index contributed by atoms with van der Waals surface area (Å²) in [5, 5.41) is 8.87. The smallest absolute Gasteiger partial charge is 0.278 e. The van der Waals surface area contributed by atoms with Crippen LogP contribution in [0.5, 0.6) is 0 Å². The monoisotopic (exact) mass is 321 g/mol. The van der Waals surface area contributed by atoms with E-state index in [9.17, 15) is 4.79 Å². The van der Waals surface area contributed by atoms with Gasteiger partial charge in [0.2, 0.25) is 11.9 Å². The van der Waals surface area contributed by atoms with Crippen molar-refractivity contribution in [3.05, 3.63) is 40.7 Å². The average Bonchev–Trinajstić information content (AvgIpc) is 2.96. The highest BCUT2D eigenvalue weighted by atomic mass is 16.1. The molecule has 0 fully saturated rings. The maximum absolute atomic E-state index is 11.7. The molecule has 3 aromatic heterocycles. The standard InChI is InChI=1S/C14H11N9O/c15-7-2-3-8-6(5-7)1-4-9(17-8)22-23-14-18-10-11(20-14)19-13(16)21-12(10)24/h1-5H,15H2,(H4,16,18,19,20,21,24). The van der Waals surface area contributed by atoms with Gasteiger partial charge in [0, 0.05) is 11.1 Å². The van der Waals surface area contributed by atoms with Crippen LogP contribution in [0, 0.1) is 0 Å². The Hall–Kier alpha value is -3.82. The second-order valence-corrected chi connectivity index (χ2v) is 5.03. The van der Waals surface area contributed by atoms with Gasteiger partial charge in [0.15, 0.2) is 17.0 Å². The zero-order valence-corrected chi connectivity index (χ0v) is 12.2. The molecular weight excluding hydrogens is 310 g/mol. The molecular formula is C14H11N9O. The molecule has 0 amide bonds. The van der Waals surface area contributed by atoms with Gasteiger partial charge in [-0.15, -0.1) is 10.2 Å². The van der Waals surface area contributed by atoms with E-state index < -0.39 is 5.56 Å². The summed E-state index contributed by atoms with van der Waals surface area (Å²) in [5.41, 5.74) is 12.5. The number of benzene rings is 1. The Kier molecular flexibility index (Phi) is 2.95. The molecule has 0 aliphatic heterocycles. The van der Waals surface area contributed by atoms with E-state index >= 15 is 0 Å². The van der Waals surface area contributed by atoms with Crippen LogP contribution in [0.3, 0.4) is 0 Å². The molecule has 0 spiro atoms. The summed E-state index contributed by atoms with van der Waals surface area (Å²) < 4.78 is 0. The molecule has 3 heterocycles. The average molecular weight is 321 g/mol. The Morgan fingerprint density at radius 2 is 1.83 bits per heavy atom. The van der Waals surface area contributed by atoms with Gasteiger partial charge in [-0.25, -0.2) is 4.98 Å². The van der Waals surface area contributed by atoms with Gasteiger partial charge >= 0.3 is 0 Å². The summed E-state index contributed by atoms with van der Waals surface area (Å²) in [4.78, 5) is 29.1.